The summed E-state index contributed by atoms with van der Waals surface area (Å²) in [5.74, 6) is 0.945. The summed E-state index contributed by atoms with van der Waals surface area (Å²) in [6, 6.07) is 5.02. The molecule has 126 valence electrons. The minimum absolute atomic E-state index is 0.271. The second kappa shape index (κ2) is 8.01. The summed E-state index contributed by atoms with van der Waals surface area (Å²) in [5.41, 5.74) is 0.271. The molecule has 3 rings (SSSR count). The summed E-state index contributed by atoms with van der Waals surface area (Å²) in [7, 11) is -1.63. The van der Waals surface area contributed by atoms with Crippen LogP contribution in [0.4, 0.5) is 0 Å². The fraction of sp³-hybridized carbons (Fsp3) is 0.625. The molecule has 7 heteroatoms. The minimum Gasteiger partial charge on any atom is -0.465 e. The third kappa shape index (κ3) is 4.60. The van der Waals surface area contributed by atoms with Gasteiger partial charge in [0.1, 0.15) is 11.5 Å². The minimum atomic E-state index is -1.63. The van der Waals surface area contributed by atoms with Crippen LogP contribution in [-0.4, -0.2) is 43.0 Å². The largest absolute Gasteiger partial charge is 0.492 e. The van der Waals surface area contributed by atoms with Crippen LogP contribution in [0.5, 0.6) is 11.5 Å². The number of rotatable bonds is 5. The van der Waals surface area contributed by atoms with Gasteiger partial charge in [0.25, 0.3) is 0 Å². The summed E-state index contributed by atoms with van der Waals surface area (Å²) in [5, 5.41) is 19.2. The van der Waals surface area contributed by atoms with Crippen molar-refractivity contribution in [1.82, 2.24) is 0 Å². The number of ether oxygens (including phenoxy) is 4. The van der Waals surface area contributed by atoms with E-state index in [0.717, 1.165) is 38.5 Å². The molecule has 2 heterocycles. The number of hydrogen-bond acceptors (Lipinski definition) is 6. The smallest absolute Gasteiger partial charge is 0.465 e. The first-order chi connectivity index (χ1) is 11.2. The van der Waals surface area contributed by atoms with Gasteiger partial charge in [-0.05, 0) is 43.9 Å². The molecule has 2 aliphatic rings. The van der Waals surface area contributed by atoms with E-state index in [0.29, 0.717) is 24.7 Å². The van der Waals surface area contributed by atoms with Crippen LogP contribution < -0.4 is 14.9 Å². The van der Waals surface area contributed by atoms with Crippen LogP contribution >= 0.6 is 0 Å². The molecule has 2 atom stereocenters. The molecule has 0 amide bonds. The molecule has 1 aromatic rings. The van der Waals surface area contributed by atoms with E-state index in [-0.39, 0.29) is 18.0 Å². The van der Waals surface area contributed by atoms with Gasteiger partial charge in [0.2, 0.25) is 0 Å². The molecule has 2 fully saturated rings. The first-order valence-electron chi connectivity index (χ1n) is 8.29. The Balaban J connectivity index is 1.69. The lowest BCUT2D eigenvalue weighted by Crippen LogP contribution is -2.35. The van der Waals surface area contributed by atoms with Crippen molar-refractivity contribution in [3.05, 3.63) is 18.2 Å². The Morgan fingerprint density at radius 2 is 1.57 bits per heavy atom. The van der Waals surface area contributed by atoms with Gasteiger partial charge in [0.15, 0.2) is 12.6 Å². The molecule has 0 aromatic heterocycles. The zero-order chi connectivity index (χ0) is 16.1. The van der Waals surface area contributed by atoms with Gasteiger partial charge in [0, 0.05) is 18.3 Å². The van der Waals surface area contributed by atoms with Gasteiger partial charge in [-0.15, -0.1) is 0 Å². The van der Waals surface area contributed by atoms with Crippen LogP contribution in [0.2, 0.25) is 0 Å². The Bertz CT molecular complexity index is 497. The lowest BCUT2D eigenvalue weighted by atomic mass is 9.79. The number of hydrogen-bond donors (Lipinski definition) is 2. The van der Waals surface area contributed by atoms with E-state index in [1.165, 1.54) is 0 Å². The molecular weight excluding hydrogens is 299 g/mol. The standard InChI is InChI=1S/C16H23BO6/c18-17(19)13-11-12(22-15-5-1-3-9-20-15)7-8-14(13)23-16-6-2-4-10-21-16/h7-8,11,15-16,18-19H,1-6,9-10H2. The maximum absolute atomic E-state index is 9.61. The van der Waals surface area contributed by atoms with Crippen LogP contribution in [0.1, 0.15) is 38.5 Å². The van der Waals surface area contributed by atoms with E-state index in [1.54, 1.807) is 18.2 Å². The molecule has 0 saturated carbocycles. The summed E-state index contributed by atoms with van der Waals surface area (Å²) in [4.78, 5) is 0. The van der Waals surface area contributed by atoms with Crippen molar-refractivity contribution in [2.75, 3.05) is 13.2 Å². The maximum Gasteiger partial charge on any atom is 0.492 e. The van der Waals surface area contributed by atoms with E-state index >= 15 is 0 Å². The molecular formula is C16H23BO6. The van der Waals surface area contributed by atoms with Crippen LogP contribution in [0, 0.1) is 0 Å². The van der Waals surface area contributed by atoms with Crippen molar-refractivity contribution in [2.24, 2.45) is 0 Å². The topological polar surface area (TPSA) is 77.4 Å². The molecule has 6 nitrogen and oxygen atoms in total. The van der Waals surface area contributed by atoms with Gasteiger partial charge in [-0.3, -0.25) is 0 Å². The van der Waals surface area contributed by atoms with Crippen molar-refractivity contribution in [3.8, 4) is 11.5 Å². The molecule has 2 aliphatic heterocycles. The van der Waals surface area contributed by atoms with Gasteiger partial charge >= 0.3 is 7.12 Å². The quantitative estimate of drug-likeness (QED) is 0.793. The van der Waals surface area contributed by atoms with Crippen LogP contribution in [-0.2, 0) is 9.47 Å². The molecule has 0 spiro atoms. The highest BCUT2D eigenvalue weighted by Crippen LogP contribution is 2.23. The highest BCUT2D eigenvalue weighted by atomic mass is 16.7. The van der Waals surface area contributed by atoms with Gasteiger partial charge in [0.05, 0.1) is 13.2 Å². The molecule has 23 heavy (non-hydrogen) atoms. The lowest BCUT2D eigenvalue weighted by molar-refractivity contribution is -0.107. The lowest BCUT2D eigenvalue weighted by Gasteiger charge is -2.26. The summed E-state index contributed by atoms with van der Waals surface area (Å²) >= 11 is 0. The summed E-state index contributed by atoms with van der Waals surface area (Å²) in [6.07, 6.45) is 5.22. The summed E-state index contributed by atoms with van der Waals surface area (Å²) < 4.78 is 22.6. The Morgan fingerprint density at radius 1 is 0.913 bits per heavy atom. The zero-order valence-electron chi connectivity index (χ0n) is 13.1. The Hall–Kier alpha value is -1.28. The summed E-state index contributed by atoms with van der Waals surface area (Å²) in [6.45, 7) is 1.36. The van der Waals surface area contributed by atoms with Gasteiger partial charge in [-0.25, -0.2) is 0 Å². The maximum atomic E-state index is 9.61. The highest BCUT2D eigenvalue weighted by Gasteiger charge is 2.23. The first-order valence-corrected chi connectivity index (χ1v) is 8.29. The van der Waals surface area contributed by atoms with Crippen molar-refractivity contribution in [2.45, 2.75) is 51.1 Å². The highest BCUT2D eigenvalue weighted by molar-refractivity contribution is 6.59. The predicted molar refractivity (Wildman–Crippen MR) is 84.7 cm³/mol. The Labute approximate surface area is 136 Å². The van der Waals surface area contributed by atoms with Crippen LogP contribution in [0.3, 0.4) is 0 Å². The van der Waals surface area contributed by atoms with Crippen LogP contribution in [0.25, 0.3) is 0 Å². The second-order valence-electron chi connectivity index (χ2n) is 5.90. The van der Waals surface area contributed by atoms with E-state index < -0.39 is 7.12 Å². The molecule has 1 aromatic carbocycles. The molecule has 2 unspecified atom stereocenters. The van der Waals surface area contributed by atoms with E-state index in [9.17, 15) is 10.0 Å². The van der Waals surface area contributed by atoms with Gasteiger partial charge < -0.3 is 29.0 Å². The van der Waals surface area contributed by atoms with E-state index in [4.69, 9.17) is 18.9 Å². The van der Waals surface area contributed by atoms with Crippen LogP contribution in [0.15, 0.2) is 18.2 Å². The van der Waals surface area contributed by atoms with E-state index in [2.05, 4.69) is 0 Å². The average molecular weight is 322 g/mol. The third-order valence-corrected chi connectivity index (χ3v) is 4.06. The monoisotopic (exact) mass is 322 g/mol. The van der Waals surface area contributed by atoms with Crippen molar-refractivity contribution in [1.29, 1.82) is 0 Å². The Morgan fingerprint density at radius 3 is 2.13 bits per heavy atom. The third-order valence-electron chi connectivity index (χ3n) is 4.06. The molecule has 0 bridgehead atoms. The van der Waals surface area contributed by atoms with Crippen molar-refractivity contribution >= 4 is 12.6 Å². The fourth-order valence-electron chi connectivity index (χ4n) is 2.81. The zero-order valence-corrected chi connectivity index (χ0v) is 13.1. The second-order valence-corrected chi connectivity index (χ2v) is 5.90. The van der Waals surface area contributed by atoms with Crippen molar-refractivity contribution < 1.29 is 29.0 Å². The SMILES string of the molecule is OB(O)c1cc(OC2CCCCO2)ccc1OC1CCCCO1. The molecule has 2 saturated heterocycles. The fourth-order valence-corrected chi connectivity index (χ4v) is 2.81. The normalized spacial score (nSPS) is 25.0. The number of benzene rings is 1. The molecule has 2 N–H and O–H groups in total. The first kappa shape index (κ1) is 16.6. The van der Waals surface area contributed by atoms with Crippen molar-refractivity contribution in [3.63, 3.8) is 0 Å². The predicted octanol–water partition coefficient (Wildman–Crippen LogP) is 1.18. The molecule has 0 aliphatic carbocycles. The average Bonchev–Trinajstić information content (AvgIpc) is 2.58. The van der Waals surface area contributed by atoms with Gasteiger partial charge in [-0.1, -0.05) is 0 Å². The Kier molecular flexibility index (Phi) is 5.77. The molecule has 0 radical (unpaired) electrons. The van der Waals surface area contributed by atoms with Gasteiger partial charge in [-0.2, -0.15) is 0 Å². The van der Waals surface area contributed by atoms with E-state index in [1.807, 2.05) is 0 Å².